The van der Waals surface area contributed by atoms with Gasteiger partial charge in [-0.05, 0) is 19.4 Å². The van der Waals surface area contributed by atoms with Crippen molar-refractivity contribution in [1.29, 1.82) is 0 Å². The van der Waals surface area contributed by atoms with E-state index in [0.29, 0.717) is 12.2 Å². The molecule has 0 bridgehead atoms. The van der Waals surface area contributed by atoms with Crippen LogP contribution < -0.4 is 5.73 Å². The monoisotopic (exact) mass is 212 g/mol. The van der Waals surface area contributed by atoms with Gasteiger partial charge in [0.15, 0.2) is 0 Å². The van der Waals surface area contributed by atoms with Crippen LogP contribution in [0, 0.1) is 5.92 Å². The van der Waals surface area contributed by atoms with Gasteiger partial charge in [0.2, 0.25) is 5.91 Å². The van der Waals surface area contributed by atoms with E-state index in [1.807, 2.05) is 13.8 Å². The Labute approximate surface area is 90.8 Å². The van der Waals surface area contributed by atoms with Crippen LogP contribution in [0.4, 0.5) is 0 Å². The number of primary amides is 1. The minimum atomic E-state index is -0.239. The highest BCUT2D eigenvalue weighted by Gasteiger charge is 2.31. The first kappa shape index (κ1) is 12.2. The zero-order valence-electron chi connectivity index (χ0n) is 9.53. The van der Waals surface area contributed by atoms with Gasteiger partial charge in [-0.3, -0.25) is 14.5 Å². The smallest absolute Gasteiger partial charge is 0.234 e. The van der Waals surface area contributed by atoms with Crippen molar-refractivity contribution in [2.24, 2.45) is 11.7 Å². The van der Waals surface area contributed by atoms with Gasteiger partial charge in [0.25, 0.3) is 0 Å². The third-order valence-electron chi connectivity index (χ3n) is 2.97. The molecule has 1 unspecified atom stereocenters. The lowest BCUT2D eigenvalue weighted by atomic mass is 10.00. The second kappa shape index (κ2) is 5.26. The van der Waals surface area contributed by atoms with Crippen molar-refractivity contribution in [1.82, 2.24) is 4.90 Å². The minimum absolute atomic E-state index is 0.0841. The molecular weight excluding hydrogens is 192 g/mol. The van der Waals surface area contributed by atoms with Gasteiger partial charge in [0, 0.05) is 18.9 Å². The first-order valence-corrected chi connectivity index (χ1v) is 5.58. The number of likely N-dealkylation sites (tertiary alicyclic amines) is 1. The van der Waals surface area contributed by atoms with E-state index in [-0.39, 0.29) is 17.9 Å². The number of amides is 1. The summed E-state index contributed by atoms with van der Waals surface area (Å²) in [7, 11) is 0. The fourth-order valence-electron chi connectivity index (χ4n) is 1.78. The molecule has 2 N–H and O–H groups in total. The average Bonchev–Trinajstić information content (AvgIpc) is 2.08. The summed E-state index contributed by atoms with van der Waals surface area (Å²) in [6, 6.07) is -0.0841. The summed E-state index contributed by atoms with van der Waals surface area (Å²) in [4.78, 5) is 24.3. The highest BCUT2D eigenvalue weighted by atomic mass is 16.1. The SMILES string of the molecule is CC(C)C(=O)CCCN1CCC1C(N)=O. The Hall–Kier alpha value is -0.900. The number of nitrogens with two attached hydrogens (primary N) is 1. The molecule has 86 valence electrons. The fourth-order valence-corrected chi connectivity index (χ4v) is 1.78. The molecule has 1 heterocycles. The number of ketones is 1. The Morgan fingerprint density at radius 3 is 2.53 bits per heavy atom. The zero-order valence-corrected chi connectivity index (χ0v) is 9.53. The maximum absolute atomic E-state index is 11.3. The van der Waals surface area contributed by atoms with E-state index in [0.717, 1.165) is 25.9 Å². The van der Waals surface area contributed by atoms with E-state index in [1.54, 1.807) is 0 Å². The molecule has 1 aliphatic heterocycles. The number of carbonyl (C=O) groups is 2. The van der Waals surface area contributed by atoms with Crippen LogP contribution in [0.15, 0.2) is 0 Å². The van der Waals surface area contributed by atoms with Crippen molar-refractivity contribution in [3.63, 3.8) is 0 Å². The highest BCUT2D eigenvalue weighted by molar-refractivity contribution is 5.81. The zero-order chi connectivity index (χ0) is 11.4. The van der Waals surface area contributed by atoms with Crippen LogP contribution in [0.5, 0.6) is 0 Å². The maximum atomic E-state index is 11.3. The summed E-state index contributed by atoms with van der Waals surface area (Å²) in [5.74, 6) is 0.177. The number of Topliss-reactive ketones (excluding diaryl/α,β-unsaturated/α-hetero) is 1. The number of nitrogens with zero attached hydrogens (tertiary/aromatic N) is 1. The van der Waals surface area contributed by atoms with Crippen molar-refractivity contribution < 1.29 is 9.59 Å². The van der Waals surface area contributed by atoms with Gasteiger partial charge in [-0.15, -0.1) is 0 Å². The molecule has 1 atom stereocenters. The Balaban J connectivity index is 2.16. The summed E-state index contributed by atoms with van der Waals surface area (Å²) >= 11 is 0. The van der Waals surface area contributed by atoms with E-state index in [9.17, 15) is 9.59 Å². The molecule has 0 saturated carbocycles. The third-order valence-corrected chi connectivity index (χ3v) is 2.97. The van der Waals surface area contributed by atoms with E-state index >= 15 is 0 Å². The van der Waals surface area contributed by atoms with Gasteiger partial charge >= 0.3 is 0 Å². The minimum Gasteiger partial charge on any atom is -0.368 e. The van der Waals surface area contributed by atoms with Crippen LogP contribution in [0.2, 0.25) is 0 Å². The largest absolute Gasteiger partial charge is 0.368 e. The Morgan fingerprint density at radius 1 is 1.47 bits per heavy atom. The van der Waals surface area contributed by atoms with E-state index < -0.39 is 0 Å². The van der Waals surface area contributed by atoms with Crippen LogP contribution in [0.25, 0.3) is 0 Å². The standard InChI is InChI=1S/C11H20N2O2/c1-8(2)10(14)4-3-6-13-7-5-9(13)11(12)15/h8-9H,3-7H2,1-2H3,(H2,12,15). The molecule has 0 spiro atoms. The molecule has 1 fully saturated rings. The van der Waals surface area contributed by atoms with Gasteiger partial charge in [-0.1, -0.05) is 13.8 Å². The Kier molecular flexibility index (Phi) is 4.27. The Morgan fingerprint density at radius 2 is 2.13 bits per heavy atom. The normalized spacial score (nSPS) is 21.4. The van der Waals surface area contributed by atoms with Gasteiger partial charge in [-0.25, -0.2) is 0 Å². The predicted molar refractivity (Wildman–Crippen MR) is 58.3 cm³/mol. The molecule has 1 rings (SSSR count). The molecule has 0 aromatic heterocycles. The molecule has 0 radical (unpaired) electrons. The summed E-state index contributed by atoms with van der Waals surface area (Å²) in [6.45, 7) is 5.58. The summed E-state index contributed by atoms with van der Waals surface area (Å²) in [5, 5.41) is 0. The second-order valence-electron chi connectivity index (χ2n) is 4.47. The van der Waals surface area contributed by atoms with Gasteiger partial charge in [0.05, 0.1) is 6.04 Å². The van der Waals surface area contributed by atoms with Crippen molar-refractivity contribution in [3.8, 4) is 0 Å². The maximum Gasteiger partial charge on any atom is 0.234 e. The van der Waals surface area contributed by atoms with Crippen molar-refractivity contribution >= 4 is 11.7 Å². The van der Waals surface area contributed by atoms with Crippen LogP contribution in [-0.4, -0.2) is 35.7 Å². The number of carbonyl (C=O) groups excluding carboxylic acids is 2. The predicted octanol–water partition coefficient (Wildman–Crippen LogP) is 0.551. The molecule has 1 saturated heterocycles. The molecule has 0 aromatic rings. The van der Waals surface area contributed by atoms with Crippen molar-refractivity contribution in [2.45, 2.75) is 39.2 Å². The molecule has 1 aliphatic rings. The van der Waals surface area contributed by atoms with Crippen LogP contribution >= 0.6 is 0 Å². The van der Waals surface area contributed by atoms with Crippen molar-refractivity contribution in [3.05, 3.63) is 0 Å². The second-order valence-corrected chi connectivity index (χ2v) is 4.47. The molecule has 0 aliphatic carbocycles. The average molecular weight is 212 g/mol. The van der Waals surface area contributed by atoms with Crippen LogP contribution in [0.3, 0.4) is 0 Å². The molecule has 1 amide bonds. The van der Waals surface area contributed by atoms with E-state index in [4.69, 9.17) is 5.73 Å². The first-order valence-electron chi connectivity index (χ1n) is 5.58. The molecule has 4 nitrogen and oxygen atoms in total. The quantitative estimate of drug-likeness (QED) is 0.699. The number of hydrogen-bond acceptors (Lipinski definition) is 3. The van der Waals surface area contributed by atoms with E-state index in [1.165, 1.54) is 0 Å². The fraction of sp³-hybridized carbons (Fsp3) is 0.818. The number of hydrogen-bond donors (Lipinski definition) is 1. The van der Waals surface area contributed by atoms with Gasteiger partial charge < -0.3 is 5.73 Å². The number of rotatable bonds is 6. The van der Waals surface area contributed by atoms with Gasteiger partial charge in [-0.2, -0.15) is 0 Å². The topological polar surface area (TPSA) is 63.4 Å². The molecular formula is C11H20N2O2. The van der Waals surface area contributed by atoms with Gasteiger partial charge in [0.1, 0.15) is 5.78 Å². The third kappa shape index (κ3) is 3.30. The lowest BCUT2D eigenvalue weighted by Gasteiger charge is -2.38. The molecule has 4 heteroatoms. The van der Waals surface area contributed by atoms with Crippen LogP contribution in [-0.2, 0) is 9.59 Å². The lowest BCUT2D eigenvalue weighted by Crippen LogP contribution is -2.54. The first-order chi connectivity index (χ1) is 7.02. The van der Waals surface area contributed by atoms with Crippen LogP contribution in [0.1, 0.15) is 33.1 Å². The summed E-state index contributed by atoms with van der Waals surface area (Å²) in [5.41, 5.74) is 5.22. The molecule has 0 aromatic carbocycles. The lowest BCUT2D eigenvalue weighted by molar-refractivity contribution is -0.127. The van der Waals surface area contributed by atoms with E-state index in [2.05, 4.69) is 4.90 Å². The molecule has 15 heavy (non-hydrogen) atoms. The summed E-state index contributed by atoms with van der Waals surface area (Å²) in [6.07, 6.45) is 2.31. The summed E-state index contributed by atoms with van der Waals surface area (Å²) < 4.78 is 0. The van der Waals surface area contributed by atoms with Crippen molar-refractivity contribution in [2.75, 3.05) is 13.1 Å². The Bertz CT molecular complexity index is 251. The highest BCUT2D eigenvalue weighted by Crippen LogP contribution is 2.17.